The second-order valence-corrected chi connectivity index (χ2v) is 7.13. The first-order chi connectivity index (χ1) is 10.6. The lowest BCUT2D eigenvalue weighted by atomic mass is 10.1. The maximum Gasteiger partial charge on any atom is 0.276 e. The van der Waals surface area contributed by atoms with Crippen molar-refractivity contribution in [1.82, 2.24) is 14.3 Å². The number of likely N-dealkylation sites (tertiary alicyclic amines) is 1. The van der Waals surface area contributed by atoms with Gasteiger partial charge < -0.3 is 9.47 Å². The molecule has 1 fully saturated rings. The van der Waals surface area contributed by atoms with E-state index in [0.717, 1.165) is 43.0 Å². The molecule has 0 radical (unpaired) electrons. The Kier molecular flexibility index (Phi) is 4.53. The SMILES string of the molecule is CNS(=O)(=O)NCC(c1ccc2c(c1)OCO2)N1CCCC1. The number of hydrogen-bond acceptors (Lipinski definition) is 5. The first-order valence-electron chi connectivity index (χ1n) is 7.41. The monoisotopic (exact) mass is 327 g/mol. The second-order valence-electron chi connectivity index (χ2n) is 5.43. The van der Waals surface area contributed by atoms with Gasteiger partial charge in [0.2, 0.25) is 6.79 Å². The molecule has 22 heavy (non-hydrogen) atoms. The zero-order valence-corrected chi connectivity index (χ0v) is 13.4. The largest absolute Gasteiger partial charge is 0.454 e. The van der Waals surface area contributed by atoms with Crippen LogP contribution >= 0.6 is 0 Å². The third-order valence-electron chi connectivity index (χ3n) is 4.10. The lowest BCUT2D eigenvalue weighted by Gasteiger charge is -2.28. The molecule has 0 aliphatic carbocycles. The zero-order chi connectivity index (χ0) is 15.6. The smallest absolute Gasteiger partial charge is 0.276 e. The fourth-order valence-electron chi connectivity index (χ4n) is 2.89. The quantitative estimate of drug-likeness (QED) is 0.800. The summed E-state index contributed by atoms with van der Waals surface area (Å²) in [7, 11) is -2.05. The maximum absolute atomic E-state index is 11.7. The summed E-state index contributed by atoms with van der Waals surface area (Å²) >= 11 is 0. The molecule has 0 spiro atoms. The van der Waals surface area contributed by atoms with Gasteiger partial charge in [-0.1, -0.05) is 6.07 Å². The molecule has 1 aromatic rings. The van der Waals surface area contributed by atoms with Gasteiger partial charge in [-0.3, -0.25) is 4.90 Å². The number of nitrogens with zero attached hydrogens (tertiary/aromatic N) is 1. The number of rotatable bonds is 6. The minimum absolute atomic E-state index is 0.0138. The molecule has 0 amide bonds. The van der Waals surface area contributed by atoms with E-state index in [4.69, 9.17) is 9.47 Å². The van der Waals surface area contributed by atoms with Crippen molar-refractivity contribution < 1.29 is 17.9 Å². The third-order valence-corrected chi connectivity index (χ3v) is 5.18. The van der Waals surface area contributed by atoms with E-state index >= 15 is 0 Å². The fourth-order valence-corrected chi connectivity index (χ4v) is 3.41. The van der Waals surface area contributed by atoms with Crippen molar-refractivity contribution in [2.45, 2.75) is 18.9 Å². The summed E-state index contributed by atoms with van der Waals surface area (Å²) in [6.45, 7) is 2.50. The molecule has 8 heteroatoms. The normalized spacial score (nSPS) is 19.5. The van der Waals surface area contributed by atoms with E-state index in [-0.39, 0.29) is 12.8 Å². The van der Waals surface area contributed by atoms with E-state index in [2.05, 4.69) is 14.3 Å². The van der Waals surface area contributed by atoms with Crippen LogP contribution < -0.4 is 18.9 Å². The van der Waals surface area contributed by atoms with Crippen LogP contribution in [0.5, 0.6) is 11.5 Å². The van der Waals surface area contributed by atoms with Crippen molar-refractivity contribution in [3.63, 3.8) is 0 Å². The molecular formula is C14H21N3O4S. The first-order valence-corrected chi connectivity index (χ1v) is 8.89. The molecule has 0 saturated carbocycles. The van der Waals surface area contributed by atoms with E-state index < -0.39 is 10.2 Å². The van der Waals surface area contributed by atoms with Crippen molar-refractivity contribution in [3.05, 3.63) is 23.8 Å². The van der Waals surface area contributed by atoms with E-state index in [1.807, 2.05) is 18.2 Å². The fraction of sp³-hybridized carbons (Fsp3) is 0.571. The molecule has 2 N–H and O–H groups in total. The Morgan fingerprint density at radius 2 is 1.95 bits per heavy atom. The topological polar surface area (TPSA) is 79.9 Å². The van der Waals surface area contributed by atoms with Crippen molar-refractivity contribution in [2.24, 2.45) is 0 Å². The molecule has 2 heterocycles. The summed E-state index contributed by atoms with van der Waals surface area (Å²) in [5, 5.41) is 0. The Morgan fingerprint density at radius 3 is 2.68 bits per heavy atom. The summed E-state index contributed by atoms with van der Waals surface area (Å²) < 4.78 is 38.9. The van der Waals surface area contributed by atoms with Crippen LogP contribution in [0.4, 0.5) is 0 Å². The van der Waals surface area contributed by atoms with E-state index in [1.54, 1.807) is 0 Å². The average molecular weight is 327 g/mol. The highest BCUT2D eigenvalue weighted by Crippen LogP contribution is 2.36. The summed E-state index contributed by atoms with van der Waals surface area (Å²) in [6, 6.07) is 5.79. The predicted molar refractivity (Wildman–Crippen MR) is 82.1 cm³/mol. The van der Waals surface area contributed by atoms with Crippen LogP contribution in [-0.2, 0) is 10.2 Å². The highest BCUT2D eigenvalue weighted by atomic mass is 32.2. The summed E-state index contributed by atoms with van der Waals surface area (Å²) in [6.07, 6.45) is 2.28. The number of fused-ring (bicyclic) bond motifs is 1. The summed E-state index contributed by atoms with van der Waals surface area (Å²) in [4.78, 5) is 2.30. The lowest BCUT2D eigenvalue weighted by molar-refractivity contribution is 0.173. The van der Waals surface area contributed by atoms with E-state index in [1.165, 1.54) is 7.05 Å². The molecule has 7 nitrogen and oxygen atoms in total. The minimum Gasteiger partial charge on any atom is -0.454 e. The van der Waals surface area contributed by atoms with Gasteiger partial charge in [0.05, 0.1) is 0 Å². The van der Waals surface area contributed by atoms with Gasteiger partial charge in [-0.2, -0.15) is 8.42 Å². The predicted octanol–water partition coefficient (Wildman–Crippen LogP) is 0.606. The Morgan fingerprint density at radius 1 is 1.23 bits per heavy atom. The molecule has 1 aromatic carbocycles. The average Bonchev–Trinajstić information content (AvgIpc) is 3.18. The van der Waals surface area contributed by atoms with Crippen molar-refractivity contribution in [1.29, 1.82) is 0 Å². The molecule has 1 unspecified atom stereocenters. The molecule has 3 rings (SSSR count). The van der Waals surface area contributed by atoms with Gasteiger partial charge in [-0.25, -0.2) is 9.44 Å². The van der Waals surface area contributed by atoms with Crippen LogP contribution in [0.15, 0.2) is 18.2 Å². The van der Waals surface area contributed by atoms with E-state index in [9.17, 15) is 8.42 Å². The standard InChI is InChI=1S/C14H21N3O4S/c1-15-22(18,19)16-9-12(17-6-2-3-7-17)11-4-5-13-14(8-11)21-10-20-13/h4-5,8,12,15-16H,2-3,6-7,9-10H2,1H3. The molecule has 122 valence electrons. The number of benzene rings is 1. The highest BCUT2D eigenvalue weighted by Gasteiger charge is 2.26. The molecular weight excluding hydrogens is 306 g/mol. The van der Waals surface area contributed by atoms with Gasteiger partial charge in [-0.15, -0.1) is 0 Å². The van der Waals surface area contributed by atoms with Gasteiger partial charge in [0.1, 0.15) is 0 Å². The van der Waals surface area contributed by atoms with Crippen molar-refractivity contribution in [3.8, 4) is 11.5 Å². The van der Waals surface area contributed by atoms with Crippen LogP contribution in [0.1, 0.15) is 24.4 Å². The molecule has 2 aliphatic heterocycles. The molecule has 1 saturated heterocycles. The maximum atomic E-state index is 11.7. The molecule has 0 bridgehead atoms. The molecule has 0 aromatic heterocycles. The third kappa shape index (κ3) is 3.35. The molecule has 1 atom stereocenters. The van der Waals surface area contributed by atoms with Crippen molar-refractivity contribution in [2.75, 3.05) is 33.5 Å². The Labute approximate surface area is 130 Å². The Balaban J connectivity index is 1.81. The van der Waals surface area contributed by atoms with Crippen LogP contribution in [0.2, 0.25) is 0 Å². The van der Waals surface area contributed by atoms with Crippen LogP contribution in [0, 0.1) is 0 Å². The van der Waals surface area contributed by atoms with Crippen LogP contribution in [0.3, 0.4) is 0 Å². The number of ether oxygens (including phenoxy) is 2. The Hall–Kier alpha value is -1.35. The Bertz CT molecular complexity index is 629. The second kappa shape index (κ2) is 6.41. The van der Waals surface area contributed by atoms with Gasteiger partial charge in [0.25, 0.3) is 10.2 Å². The van der Waals surface area contributed by atoms with Crippen LogP contribution in [0.25, 0.3) is 0 Å². The van der Waals surface area contributed by atoms with Gasteiger partial charge in [-0.05, 0) is 43.6 Å². The summed E-state index contributed by atoms with van der Waals surface area (Å²) in [5.41, 5.74) is 1.03. The zero-order valence-electron chi connectivity index (χ0n) is 12.5. The first kappa shape index (κ1) is 15.5. The minimum atomic E-state index is -3.45. The van der Waals surface area contributed by atoms with Gasteiger partial charge in [0.15, 0.2) is 11.5 Å². The molecule has 2 aliphatic rings. The number of hydrogen-bond donors (Lipinski definition) is 2. The highest BCUT2D eigenvalue weighted by molar-refractivity contribution is 7.87. The summed E-state index contributed by atoms with van der Waals surface area (Å²) in [5.74, 6) is 1.46. The van der Waals surface area contributed by atoms with Crippen LogP contribution in [-0.4, -0.2) is 46.8 Å². The number of nitrogens with one attached hydrogen (secondary N) is 2. The van der Waals surface area contributed by atoms with Crippen molar-refractivity contribution >= 4 is 10.2 Å². The lowest BCUT2D eigenvalue weighted by Crippen LogP contribution is -2.40. The van der Waals surface area contributed by atoms with Gasteiger partial charge >= 0.3 is 0 Å². The van der Waals surface area contributed by atoms with Gasteiger partial charge in [0, 0.05) is 19.6 Å². The van der Waals surface area contributed by atoms with E-state index in [0.29, 0.717) is 6.54 Å².